The predicted molar refractivity (Wildman–Crippen MR) is 85.5 cm³/mol. The van der Waals surface area contributed by atoms with Crippen molar-refractivity contribution in [3.8, 4) is 0 Å². The number of amides is 1. The second-order valence-corrected chi connectivity index (χ2v) is 6.75. The van der Waals surface area contributed by atoms with Crippen LogP contribution in [-0.4, -0.2) is 27.8 Å². The molecule has 3 rings (SSSR count). The first kappa shape index (κ1) is 14.1. The molecule has 1 atom stereocenters. The first-order chi connectivity index (χ1) is 10.0. The van der Waals surface area contributed by atoms with Gasteiger partial charge in [0.05, 0.1) is 5.52 Å². The number of hydrogen-bond donors (Lipinski definition) is 0. The molecular weight excluding hydrogens is 284 g/mol. The predicted octanol–water partition coefficient (Wildman–Crippen LogP) is 2.93. The molecule has 1 aromatic heterocycles. The molecule has 0 N–H and O–H groups in total. The van der Waals surface area contributed by atoms with Gasteiger partial charge in [-0.05, 0) is 31.2 Å². The van der Waals surface area contributed by atoms with Crippen molar-refractivity contribution in [2.45, 2.75) is 25.5 Å². The minimum absolute atomic E-state index is 0.0573. The number of fused-ring (bicyclic) bond motifs is 1. The third kappa shape index (κ3) is 2.93. The van der Waals surface area contributed by atoms with Gasteiger partial charge in [-0.2, -0.15) is 0 Å². The van der Waals surface area contributed by atoms with Crippen LogP contribution in [0.2, 0.25) is 0 Å². The van der Waals surface area contributed by atoms with Crippen LogP contribution in [0.1, 0.15) is 19.0 Å². The fourth-order valence-electron chi connectivity index (χ4n) is 2.62. The summed E-state index contributed by atoms with van der Waals surface area (Å²) in [6.45, 7) is 4.09. The van der Waals surface area contributed by atoms with Crippen LogP contribution in [0.25, 0.3) is 10.9 Å². The monoisotopic (exact) mass is 300 g/mol. The van der Waals surface area contributed by atoms with Crippen LogP contribution >= 0.6 is 11.8 Å². The van der Waals surface area contributed by atoms with Crippen molar-refractivity contribution in [1.82, 2.24) is 4.98 Å². The third-order valence-corrected chi connectivity index (χ3v) is 4.53. The van der Waals surface area contributed by atoms with Gasteiger partial charge in [0.25, 0.3) is 0 Å². The summed E-state index contributed by atoms with van der Waals surface area (Å²) in [5, 5.41) is 1.14. The lowest BCUT2D eigenvalue weighted by molar-refractivity contribution is -0.117. The second-order valence-electron chi connectivity index (χ2n) is 5.27. The van der Waals surface area contributed by atoms with E-state index in [-0.39, 0.29) is 16.3 Å². The molecule has 21 heavy (non-hydrogen) atoms. The van der Waals surface area contributed by atoms with Gasteiger partial charge in [-0.15, -0.1) is 0 Å². The molecule has 0 aliphatic carbocycles. The van der Waals surface area contributed by atoms with Crippen molar-refractivity contribution < 1.29 is 9.59 Å². The number of anilines is 1. The maximum Gasteiger partial charge on any atom is 0.228 e. The van der Waals surface area contributed by atoms with E-state index < -0.39 is 0 Å². The molecule has 5 heteroatoms. The molecule has 0 radical (unpaired) electrons. The largest absolute Gasteiger partial charge is 0.311 e. The molecule has 0 spiro atoms. The van der Waals surface area contributed by atoms with Crippen LogP contribution in [-0.2, 0) is 9.59 Å². The molecule has 1 aliphatic rings. The Hall–Kier alpha value is -1.88. The molecule has 1 saturated heterocycles. The summed E-state index contributed by atoms with van der Waals surface area (Å²) in [5.74, 6) is 0.0770. The smallest absolute Gasteiger partial charge is 0.228 e. The lowest BCUT2D eigenvalue weighted by Crippen LogP contribution is -2.24. The van der Waals surface area contributed by atoms with Crippen LogP contribution < -0.4 is 4.90 Å². The molecular formula is C16H16N2O2S. The Kier molecular flexibility index (Phi) is 3.68. The van der Waals surface area contributed by atoms with E-state index in [2.05, 4.69) is 4.98 Å². The third-order valence-electron chi connectivity index (χ3n) is 3.55. The number of aryl methyl sites for hydroxylation is 1. The summed E-state index contributed by atoms with van der Waals surface area (Å²) in [7, 11) is 0. The molecule has 108 valence electrons. The number of carbonyl (C=O) groups excluding carboxylic acids is 2. The number of benzene rings is 1. The van der Waals surface area contributed by atoms with Gasteiger partial charge < -0.3 is 4.90 Å². The zero-order valence-corrected chi connectivity index (χ0v) is 12.8. The van der Waals surface area contributed by atoms with E-state index in [0.717, 1.165) is 22.3 Å². The Morgan fingerprint density at radius 3 is 2.90 bits per heavy atom. The van der Waals surface area contributed by atoms with Gasteiger partial charge in [0, 0.05) is 41.9 Å². The van der Waals surface area contributed by atoms with Gasteiger partial charge in [-0.1, -0.05) is 17.8 Å². The Balaban J connectivity index is 1.88. The van der Waals surface area contributed by atoms with Crippen molar-refractivity contribution in [2.75, 3.05) is 11.4 Å². The number of thioether (sulfide) groups is 1. The second kappa shape index (κ2) is 5.48. The maximum atomic E-state index is 12.1. The average molecular weight is 300 g/mol. The number of nitrogens with zero attached hydrogens (tertiary/aromatic N) is 2. The Bertz CT molecular complexity index is 729. The zero-order valence-electron chi connectivity index (χ0n) is 12.0. The number of aromatic nitrogens is 1. The fraction of sp³-hybridized carbons (Fsp3) is 0.312. The van der Waals surface area contributed by atoms with E-state index in [1.807, 2.05) is 37.3 Å². The highest BCUT2D eigenvalue weighted by Gasteiger charge is 2.31. The lowest BCUT2D eigenvalue weighted by Gasteiger charge is -2.17. The molecule has 0 bridgehead atoms. The summed E-state index contributed by atoms with van der Waals surface area (Å²) in [6, 6.07) is 9.83. The molecule has 4 nitrogen and oxygen atoms in total. The first-order valence-electron chi connectivity index (χ1n) is 6.88. The number of carbonyl (C=O) groups is 2. The lowest BCUT2D eigenvalue weighted by atomic mass is 10.1. The summed E-state index contributed by atoms with van der Waals surface area (Å²) in [6.07, 6.45) is 0.425. The summed E-state index contributed by atoms with van der Waals surface area (Å²) in [5.41, 5.74) is 2.79. The van der Waals surface area contributed by atoms with E-state index in [0.29, 0.717) is 13.0 Å². The summed E-state index contributed by atoms with van der Waals surface area (Å²) >= 11 is 1.26. The molecule has 2 heterocycles. The van der Waals surface area contributed by atoms with E-state index in [9.17, 15) is 9.59 Å². The average Bonchev–Trinajstić information content (AvgIpc) is 2.78. The highest BCUT2D eigenvalue weighted by Crippen LogP contribution is 2.30. The maximum absolute atomic E-state index is 12.1. The van der Waals surface area contributed by atoms with Crippen LogP contribution in [0.4, 0.5) is 5.69 Å². The Morgan fingerprint density at radius 2 is 2.14 bits per heavy atom. The SMILES string of the molecule is CC(=O)SC1CC(=O)N(c2ccc3nc(C)ccc3c2)C1. The molecule has 1 aromatic carbocycles. The highest BCUT2D eigenvalue weighted by atomic mass is 32.2. The van der Waals surface area contributed by atoms with E-state index in [1.54, 1.807) is 11.8 Å². The van der Waals surface area contributed by atoms with Crippen LogP contribution in [0.5, 0.6) is 0 Å². The fourth-order valence-corrected chi connectivity index (χ4v) is 3.54. The molecule has 0 saturated carbocycles. The van der Waals surface area contributed by atoms with Gasteiger partial charge in [0.1, 0.15) is 0 Å². The van der Waals surface area contributed by atoms with Crippen molar-refractivity contribution in [3.05, 3.63) is 36.0 Å². The van der Waals surface area contributed by atoms with Crippen molar-refractivity contribution in [2.24, 2.45) is 0 Å². The summed E-state index contributed by atoms with van der Waals surface area (Å²) < 4.78 is 0. The zero-order chi connectivity index (χ0) is 15.0. The minimum atomic E-state index is 0.0573. The van der Waals surface area contributed by atoms with E-state index >= 15 is 0 Å². The van der Waals surface area contributed by atoms with Gasteiger partial charge >= 0.3 is 0 Å². The summed E-state index contributed by atoms with van der Waals surface area (Å²) in [4.78, 5) is 29.6. The minimum Gasteiger partial charge on any atom is -0.311 e. The molecule has 1 fully saturated rings. The number of rotatable bonds is 2. The van der Waals surface area contributed by atoms with E-state index in [1.165, 1.54) is 11.8 Å². The van der Waals surface area contributed by atoms with Gasteiger partial charge in [0.2, 0.25) is 5.91 Å². The standard InChI is InChI=1S/C16H16N2O2S/c1-10-3-4-12-7-13(5-6-15(12)17-10)18-9-14(8-16(18)20)21-11(2)19/h3-7,14H,8-9H2,1-2H3. The molecule has 2 aromatic rings. The van der Waals surface area contributed by atoms with Crippen LogP contribution in [0.15, 0.2) is 30.3 Å². The van der Waals surface area contributed by atoms with Crippen molar-refractivity contribution in [1.29, 1.82) is 0 Å². The normalized spacial score (nSPS) is 18.5. The molecule has 1 unspecified atom stereocenters. The topological polar surface area (TPSA) is 50.3 Å². The molecule has 1 aliphatic heterocycles. The van der Waals surface area contributed by atoms with Gasteiger partial charge in [-0.3, -0.25) is 14.6 Å². The van der Waals surface area contributed by atoms with Crippen molar-refractivity contribution in [3.63, 3.8) is 0 Å². The van der Waals surface area contributed by atoms with Crippen molar-refractivity contribution >= 4 is 39.4 Å². The van der Waals surface area contributed by atoms with Crippen LogP contribution in [0, 0.1) is 6.92 Å². The van der Waals surface area contributed by atoms with Gasteiger partial charge in [-0.25, -0.2) is 0 Å². The van der Waals surface area contributed by atoms with E-state index in [4.69, 9.17) is 0 Å². The first-order valence-corrected chi connectivity index (χ1v) is 7.76. The quantitative estimate of drug-likeness (QED) is 0.855. The molecule has 1 amide bonds. The Labute approximate surface area is 127 Å². The Morgan fingerprint density at radius 1 is 1.33 bits per heavy atom. The number of hydrogen-bond acceptors (Lipinski definition) is 4. The van der Waals surface area contributed by atoms with Gasteiger partial charge in [0.15, 0.2) is 5.12 Å². The number of pyridine rings is 1. The highest BCUT2D eigenvalue weighted by molar-refractivity contribution is 8.14. The van der Waals surface area contributed by atoms with Crippen LogP contribution in [0.3, 0.4) is 0 Å².